The number of nitrogens with zero attached hydrogens (tertiary/aromatic N) is 2. The third-order valence-corrected chi connectivity index (χ3v) is 15.8. The quantitative estimate of drug-likeness (QED) is 0.0310. The van der Waals surface area contributed by atoms with Gasteiger partial charge in [-0.15, -0.1) is 0 Å². The molecule has 2 aliphatic rings. The van der Waals surface area contributed by atoms with Crippen molar-refractivity contribution in [2.24, 2.45) is 0 Å². The van der Waals surface area contributed by atoms with E-state index in [4.69, 9.17) is 4.74 Å². The van der Waals surface area contributed by atoms with Gasteiger partial charge in [0.25, 0.3) is 30.4 Å². The second-order valence-corrected chi connectivity index (χ2v) is 21.4. The SMILES string of the molecule is CCC1(CC)C(/C=C/C=C(/C=C/C=C2/N(CCCS(=O)(=O)O)c3ccc4ccccc4c3C2(CC)CC)Oc2ccc(S(=O)(=O)O)cc2)=[N+](CCCS(=O)(=O)O)c2ccc3ccccc3c21. The maximum absolute atomic E-state index is 11.9. The lowest BCUT2D eigenvalue weighted by Gasteiger charge is -2.32. The zero-order valence-electron chi connectivity index (χ0n) is 37.6. The molecule has 0 saturated carbocycles. The van der Waals surface area contributed by atoms with Crippen LogP contribution in [0.15, 0.2) is 150 Å². The predicted molar refractivity (Wildman–Crippen MR) is 263 cm³/mol. The van der Waals surface area contributed by atoms with Crippen LogP contribution in [0.2, 0.25) is 0 Å². The van der Waals surface area contributed by atoms with Gasteiger partial charge in [-0.3, -0.25) is 13.7 Å². The Kier molecular flexibility index (Phi) is 14.3. The number of fused-ring (bicyclic) bond motifs is 6. The lowest BCUT2D eigenvalue weighted by atomic mass is 9.71. The van der Waals surface area contributed by atoms with Crippen molar-refractivity contribution in [3.05, 3.63) is 156 Å². The maximum Gasteiger partial charge on any atom is 0.294 e. The highest BCUT2D eigenvalue weighted by molar-refractivity contribution is 7.86. The van der Waals surface area contributed by atoms with Crippen molar-refractivity contribution in [2.45, 2.75) is 81.9 Å². The Morgan fingerprint density at radius 2 is 1.24 bits per heavy atom. The molecule has 66 heavy (non-hydrogen) atoms. The number of hydrogen-bond acceptors (Lipinski definition) is 8. The van der Waals surface area contributed by atoms with Gasteiger partial charge in [-0.2, -0.15) is 29.8 Å². The molecule has 12 nitrogen and oxygen atoms in total. The number of allylic oxidation sites excluding steroid dienone is 7. The summed E-state index contributed by atoms with van der Waals surface area (Å²) in [6, 6.07) is 30.1. The van der Waals surface area contributed by atoms with E-state index < -0.39 is 41.2 Å². The Balaban J connectivity index is 1.35. The molecule has 7 rings (SSSR count). The van der Waals surface area contributed by atoms with Crippen LogP contribution in [0, 0.1) is 0 Å². The van der Waals surface area contributed by atoms with E-state index in [1.807, 2.05) is 48.6 Å². The molecule has 0 atom stereocenters. The Morgan fingerprint density at radius 1 is 0.667 bits per heavy atom. The largest absolute Gasteiger partial charge is 0.457 e. The topological polar surface area (TPSA) is 179 Å². The number of benzene rings is 5. The number of ether oxygens (including phenoxy) is 1. The van der Waals surface area contributed by atoms with E-state index in [1.165, 1.54) is 24.3 Å². The zero-order valence-corrected chi connectivity index (χ0v) is 40.0. The minimum atomic E-state index is -4.45. The molecule has 2 aliphatic heterocycles. The molecule has 5 aromatic carbocycles. The van der Waals surface area contributed by atoms with Crippen molar-refractivity contribution in [1.82, 2.24) is 0 Å². The Bertz CT molecular complexity index is 3140. The van der Waals surface area contributed by atoms with Gasteiger partial charge in [0.05, 0.1) is 21.8 Å². The lowest BCUT2D eigenvalue weighted by molar-refractivity contribution is -0.437. The summed E-state index contributed by atoms with van der Waals surface area (Å²) in [6.07, 6.45) is 14.7. The van der Waals surface area contributed by atoms with E-state index in [-0.39, 0.29) is 29.2 Å². The average molecular weight is 954 g/mol. The van der Waals surface area contributed by atoms with Crippen LogP contribution in [0.25, 0.3) is 21.5 Å². The summed E-state index contributed by atoms with van der Waals surface area (Å²) < 4.78 is 109. The Labute approximate surface area is 388 Å². The summed E-state index contributed by atoms with van der Waals surface area (Å²) in [5, 5.41) is 4.39. The van der Waals surface area contributed by atoms with Crippen molar-refractivity contribution in [2.75, 3.05) is 29.5 Å². The lowest BCUT2D eigenvalue weighted by Crippen LogP contribution is -2.33. The summed E-state index contributed by atoms with van der Waals surface area (Å²) in [5.74, 6) is -0.101. The van der Waals surface area contributed by atoms with Gasteiger partial charge in [0.15, 0.2) is 5.71 Å². The highest BCUT2D eigenvalue weighted by atomic mass is 32.2. The first-order chi connectivity index (χ1) is 31.4. The number of hydrogen-bond donors (Lipinski definition) is 3. The van der Waals surface area contributed by atoms with Gasteiger partial charge in [-0.05, 0) is 114 Å². The van der Waals surface area contributed by atoms with Crippen molar-refractivity contribution < 1.29 is 48.2 Å². The second kappa shape index (κ2) is 19.4. The van der Waals surface area contributed by atoms with E-state index in [0.717, 1.165) is 81.1 Å². The molecule has 3 N–H and O–H groups in total. The van der Waals surface area contributed by atoms with Gasteiger partial charge in [-0.25, -0.2) is 0 Å². The maximum atomic E-state index is 11.9. The van der Waals surface area contributed by atoms with E-state index in [9.17, 15) is 38.9 Å². The minimum absolute atomic E-state index is 0.191. The van der Waals surface area contributed by atoms with Crippen molar-refractivity contribution in [3.63, 3.8) is 0 Å². The first-order valence-corrected chi connectivity index (χ1v) is 27.0. The van der Waals surface area contributed by atoms with Crippen molar-refractivity contribution in [3.8, 4) is 5.75 Å². The van der Waals surface area contributed by atoms with Crippen LogP contribution in [0.5, 0.6) is 5.75 Å². The molecule has 0 radical (unpaired) electrons. The van der Waals surface area contributed by atoms with E-state index >= 15 is 0 Å². The fourth-order valence-electron chi connectivity index (χ4n) is 10.1. The summed E-state index contributed by atoms with van der Waals surface area (Å²) in [7, 11) is -12.8. The monoisotopic (exact) mass is 953 g/mol. The number of anilines is 1. The molecule has 0 saturated heterocycles. The molecule has 0 unspecified atom stereocenters. The summed E-state index contributed by atoms with van der Waals surface area (Å²) >= 11 is 0. The minimum Gasteiger partial charge on any atom is -0.457 e. The molecule has 0 bridgehead atoms. The molecular weight excluding hydrogens is 897 g/mol. The molecule has 0 aromatic heterocycles. The van der Waals surface area contributed by atoms with Crippen molar-refractivity contribution in [1.29, 1.82) is 0 Å². The van der Waals surface area contributed by atoms with Gasteiger partial charge in [-0.1, -0.05) is 94.4 Å². The van der Waals surface area contributed by atoms with Gasteiger partial charge in [0.2, 0.25) is 5.69 Å². The van der Waals surface area contributed by atoms with Gasteiger partial charge < -0.3 is 9.64 Å². The molecular formula is C51H57N2O10S3+. The average Bonchev–Trinajstić information content (AvgIpc) is 3.71. The smallest absolute Gasteiger partial charge is 0.294 e. The van der Waals surface area contributed by atoms with Crippen LogP contribution in [0.4, 0.5) is 11.4 Å². The second-order valence-electron chi connectivity index (χ2n) is 16.8. The van der Waals surface area contributed by atoms with Crippen LogP contribution in [0.1, 0.15) is 77.3 Å². The molecule has 348 valence electrons. The molecule has 0 aliphatic carbocycles. The third-order valence-electron chi connectivity index (χ3n) is 13.3. The zero-order chi connectivity index (χ0) is 47.5. The van der Waals surface area contributed by atoms with Crippen LogP contribution >= 0.6 is 0 Å². The van der Waals surface area contributed by atoms with E-state index in [0.29, 0.717) is 24.6 Å². The Hall–Kier alpha value is -5.42. The van der Waals surface area contributed by atoms with E-state index in [1.54, 1.807) is 12.2 Å². The fraction of sp³-hybridized carbons (Fsp3) is 0.314. The summed E-state index contributed by atoms with van der Waals surface area (Å²) in [4.78, 5) is 1.86. The van der Waals surface area contributed by atoms with Crippen LogP contribution in [-0.4, -0.2) is 73.8 Å². The molecule has 0 spiro atoms. The molecule has 2 heterocycles. The highest BCUT2D eigenvalue weighted by Gasteiger charge is 2.50. The molecule has 0 amide bonds. The van der Waals surface area contributed by atoms with Gasteiger partial charge >= 0.3 is 0 Å². The summed E-state index contributed by atoms with van der Waals surface area (Å²) in [5.41, 5.74) is 5.28. The predicted octanol–water partition coefficient (Wildman–Crippen LogP) is 10.5. The molecule has 15 heteroatoms. The third kappa shape index (κ3) is 9.83. The van der Waals surface area contributed by atoms with Crippen LogP contribution < -0.4 is 9.64 Å². The molecule has 5 aromatic rings. The first-order valence-electron chi connectivity index (χ1n) is 22.3. The standard InChI is InChI=1S/C51H56N2O10S3/c1-5-50(6-2)46(52(33-15-35-64(54,55)56)44-31-25-37-17-9-11-21-42(37)48(44)50)23-13-19-39(63-40-27-29-41(30-28-40)66(60,61)62)20-14-24-47-51(7-3,8-4)49-43-22-12-10-18-38(43)26-32-45(49)53(47)34-16-36-65(57,58)59/h9-14,17-32H,5-8,15-16,33-36H2,1-4H3,(H2-,54,55,56,57,58,59,60,61,62)/p+1. The van der Waals surface area contributed by atoms with Crippen LogP contribution in [-0.2, 0) is 41.2 Å². The summed E-state index contributed by atoms with van der Waals surface area (Å²) in [6.45, 7) is 9.24. The number of rotatable bonds is 19. The van der Waals surface area contributed by atoms with Crippen molar-refractivity contribution >= 4 is 69.0 Å². The normalized spacial score (nSPS) is 16.9. The van der Waals surface area contributed by atoms with Gasteiger partial charge in [0, 0.05) is 47.5 Å². The van der Waals surface area contributed by atoms with Crippen LogP contribution in [0.3, 0.4) is 0 Å². The Morgan fingerprint density at radius 3 is 1.83 bits per heavy atom. The van der Waals surface area contributed by atoms with E-state index in [2.05, 4.69) is 85.7 Å². The fourth-order valence-corrected chi connectivity index (χ4v) is 11.6. The molecule has 0 fully saturated rings. The highest BCUT2D eigenvalue weighted by Crippen LogP contribution is 2.55. The van der Waals surface area contributed by atoms with Gasteiger partial charge in [0.1, 0.15) is 18.1 Å². The first kappa shape index (κ1) is 48.5.